The van der Waals surface area contributed by atoms with Crippen molar-refractivity contribution < 1.29 is 19.1 Å². The Morgan fingerprint density at radius 1 is 1.28 bits per heavy atom. The van der Waals surface area contributed by atoms with Crippen LogP contribution in [0.2, 0.25) is 0 Å². The number of hydrogen-bond donors (Lipinski definition) is 1. The number of benzene rings is 1. The van der Waals surface area contributed by atoms with E-state index >= 15 is 0 Å². The predicted molar refractivity (Wildman–Crippen MR) is 65.9 cm³/mol. The largest absolute Gasteiger partial charge is 0.485 e. The van der Waals surface area contributed by atoms with E-state index in [4.69, 9.17) is 14.3 Å². The lowest BCUT2D eigenvalue weighted by atomic mass is 10.1. The van der Waals surface area contributed by atoms with Crippen LogP contribution in [0.1, 0.15) is 27.4 Å². The standard InChI is InChI=1S/C14H14O4/c1-9-3-5-11(14(15)16)7-13(9)17-8-12-6-4-10(2)18-12/h3-7H,8H2,1-2H3,(H,15,16). The highest BCUT2D eigenvalue weighted by Crippen LogP contribution is 2.21. The van der Waals surface area contributed by atoms with E-state index in [1.807, 2.05) is 26.0 Å². The smallest absolute Gasteiger partial charge is 0.335 e. The van der Waals surface area contributed by atoms with Crippen LogP contribution < -0.4 is 4.74 Å². The number of hydrogen-bond acceptors (Lipinski definition) is 3. The maximum Gasteiger partial charge on any atom is 0.335 e. The monoisotopic (exact) mass is 246 g/mol. The van der Waals surface area contributed by atoms with Crippen molar-refractivity contribution in [2.24, 2.45) is 0 Å². The zero-order valence-electron chi connectivity index (χ0n) is 10.3. The Morgan fingerprint density at radius 3 is 2.67 bits per heavy atom. The van der Waals surface area contributed by atoms with Gasteiger partial charge in [0.25, 0.3) is 0 Å². The third-order valence-corrected chi connectivity index (χ3v) is 2.60. The summed E-state index contributed by atoms with van der Waals surface area (Å²) in [5.41, 5.74) is 1.11. The molecule has 0 spiro atoms. The van der Waals surface area contributed by atoms with Gasteiger partial charge in [-0.2, -0.15) is 0 Å². The molecule has 0 saturated carbocycles. The highest BCUT2D eigenvalue weighted by atomic mass is 16.5. The Kier molecular flexibility index (Phi) is 3.37. The van der Waals surface area contributed by atoms with Crippen LogP contribution in [0.15, 0.2) is 34.7 Å². The van der Waals surface area contributed by atoms with Crippen LogP contribution in [0.25, 0.3) is 0 Å². The van der Waals surface area contributed by atoms with Crippen molar-refractivity contribution >= 4 is 5.97 Å². The Hall–Kier alpha value is -2.23. The number of aryl methyl sites for hydroxylation is 2. The molecule has 18 heavy (non-hydrogen) atoms. The fourth-order valence-electron chi connectivity index (χ4n) is 1.60. The second kappa shape index (κ2) is 4.96. The van der Waals surface area contributed by atoms with Gasteiger partial charge in [0.2, 0.25) is 0 Å². The molecule has 2 rings (SSSR count). The fourth-order valence-corrected chi connectivity index (χ4v) is 1.60. The highest BCUT2D eigenvalue weighted by molar-refractivity contribution is 5.88. The number of aromatic carboxylic acids is 1. The zero-order valence-corrected chi connectivity index (χ0v) is 10.3. The fraction of sp³-hybridized carbons (Fsp3) is 0.214. The summed E-state index contributed by atoms with van der Waals surface area (Å²) in [5, 5.41) is 8.91. The quantitative estimate of drug-likeness (QED) is 0.900. The number of carboxylic acid groups (broad SMARTS) is 1. The van der Waals surface area contributed by atoms with Crippen molar-refractivity contribution in [1.82, 2.24) is 0 Å². The molecule has 0 saturated heterocycles. The van der Waals surface area contributed by atoms with Gasteiger partial charge in [-0.05, 0) is 43.7 Å². The average molecular weight is 246 g/mol. The predicted octanol–water partition coefficient (Wildman–Crippen LogP) is 3.17. The Balaban J connectivity index is 2.13. The molecule has 1 aromatic heterocycles. The number of rotatable bonds is 4. The molecule has 1 aromatic carbocycles. The Bertz CT molecular complexity index is 569. The molecule has 4 heteroatoms. The Morgan fingerprint density at radius 2 is 2.06 bits per heavy atom. The van der Waals surface area contributed by atoms with Crippen LogP contribution in [-0.4, -0.2) is 11.1 Å². The van der Waals surface area contributed by atoms with Gasteiger partial charge >= 0.3 is 5.97 Å². The van der Waals surface area contributed by atoms with Crippen LogP contribution in [0, 0.1) is 13.8 Å². The molecule has 0 aliphatic carbocycles. The third-order valence-electron chi connectivity index (χ3n) is 2.60. The van der Waals surface area contributed by atoms with E-state index in [2.05, 4.69) is 0 Å². The first-order valence-electron chi connectivity index (χ1n) is 5.58. The number of ether oxygens (including phenoxy) is 1. The van der Waals surface area contributed by atoms with Gasteiger partial charge in [-0.1, -0.05) is 6.07 Å². The van der Waals surface area contributed by atoms with E-state index in [1.165, 1.54) is 6.07 Å². The molecule has 0 bridgehead atoms. The van der Waals surface area contributed by atoms with E-state index in [0.29, 0.717) is 11.5 Å². The lowest BCUT2D eigenvalue weighted by Gasteiger charge is -2.08. The molecule has 94 valence electrons. The van der Waals surface area contributed by atoms with Crippen molar-refractivity contribution in [1.29, 1.82) is 0 Å². The average Bonchev–Trinajstić information content (AvgIpc) is 2.74. The van der Waals surface area contributed by atoms with Gasteiger partial charge in [0.15, 0.2) is 0 Å². The van der Waals surface area contributed by atoms with Crippen molar-refractivity contribution in [2.45, 2.75) is 20.5 Å². The van der Waals surface area contributed by atoms with Crippen LogP contribution in [0.3, 0.4) is 0 Å². The molecule has 0 aliphatic rings. The van der Waals surface area contributed by atoms with Crippen LogP contribution in [0.5, 0.6) is 5.75 Å². The van der Waals surface area contributed by atoms with Gasteiger partial charge in [0, 0.05) is 0 Å². The molecular formula is C14H14O4. The maximum atomic E-state index is 10.9. The molecule has 0 radical (unpaired) electrons. The van der Waals surface area contributed by atoms with E-state index in [0.717, 1.165) is 11.3 Å². The first kappa shape index (κ1) is 12.2. The van der Waals surface area contributed by atoms with Crippen molar-refractivity contribution in [3.63, 3.8) is 0 Å². The molecular weight excluding hydrogens is 232 g/mol. The van der Waals surface area contributed by atoms with Gasteiger partial charge in [-0.3, -0.25) is 0 Å². The van der Waals surface area contributed by atoms with Crippen LogP contribution in [0.4, 0.5) is 0 Å². The summed E-state index contributed by atoms with van der Waals surface area (Å²) < 4.78 is 11.0. The van der Waals surface area contributed by atoms with Crippen LogP contribution in [-0.2, 0) is 6.61 Å². The van der Waals surface area contributed by atoms with Gasteiger partial charge in [-0.15, -0.1) is 0 Å². The summed E-state index contributed by atoms with van der Waals surface area (Å²) in [5.74, 6) is 1.13. The van der Waals surface area contributed by atoms with Gasteiger partial charge in [-0.25, -0.2) is 4.79 Å². The summed E-state index contributed by atoms with van der Waals surface area (Å²) in [6.45, 7) is 4.02. The number of furan rings is 1. The molecule has 1 heterocycles. The number of carboxylic acids is 1. The molecule has 0 fully saturated rings. The summed E-state index contributed by atoms with van der Waals surface area (Å²) in [7, 11) is 0. The van der Waals surface area contributed by atoms with Crippen LogP contribution >= 0.6 is 0 Å². The minimum Gasteiger partial charge on any atom is -0.485 e. The van der Waals surface area contributed by atoms with E-state index in [9.17, 15) is 4.79 Å². The molecule has 0 atom stereocenters. The first-order valence-corrected chi connectivity index (χ1v) is 5.58. The van der Waals surface area contributed by atoms with Crippen molar-refractivity contribution in [2.75, 3.05) is 0 Å². The minimum absolute atomic E-state index is 0.214. The Labute approximate surface area is 105 Å². The second-order valence-electron chi connectivity index (χ2n) is 4.09. The summed E-state index contributed by atoms with van der Waals surface area (Å²) >= 11 is 0. The van der Waals surface area contributed by atoms with E-state index in [-0.39, 0.29) is 12.2 Å². The third kappa shape index (κ3) is 2.71. The molecule has 4 nitrogen and oxygen atoms in total. The topological polar surface area (TPSA) is 59.7 Å². The van der Waals surface area contributed by atoms with Gasteiger partial charge in [0.05, 0.1) is 5.56 Å². The lowest BCUT2D eigenvalue weighted by molar-refractivity contribution is 0.0696. The van der Waals surface area contributed by atoms with Gasteiger partial charge in [0.1, 0.15) is 23.9 Å². The summed E-state index contributed by atoms with van der Waals surface area (Å²) in [6, 6.07) is 8.51. The minimum atomic E-state index is -0.964. The maximum absolute atomic E-state index is 10.9. The SMILES string of the molecule is Cc1ccc(COc2cc(C(=O)O)ccc2C)o1. The van der Waals surface area contributed by atoms with Crippen molar-refractivity contribution in [3.05, 3.63) is 53.0 Å². The highest BCUT2D eigenvalue weighted by Gasteiger charge is 2.08. The molecule has 2 aromatic rings. The first-order chi connectivity index (χ1) is 8.56. The molecule has 0 unspecified atom stereocenters. The molecule has 0 amide bonds. The normalized spacial score (nSPS) is 10.3. The summed E-state index contributed by atoms with van der Waals surface area (Å²) in [6.07, 6.45) is 0. The molecule has 1 N–H and O–H groups in total. The second-order valence-corrected chi connectivity index (χ2v) is 4.09. The number of carbonyl (C=O) groups is 1. The van der Waals surface area contributed by atoms with Gasteiger partial charge < -0.3 is 14.3 Å². The zero-order chi connectivity index (χ0) is 13.1. The van der Waals surface area contributed by atoms with E-state index in [1.54, 1.807) is 12.1 Å². The lowest BCUT2D eigenvalue weighted by Crippen LogP contribution is -2.00. The summed E-state index contributed by atoms with van der Waals surface area (Å²) in [4.78, 5) is 10.9. The van der Waals surface area contributed by atoms with Crippen molar-refractivity contribution in [3.8, 4) is 5.75 Å². The molecule has 0 aliphatic heterocycles. The van der Waals surface area contributed by atoms with E-state index < -0.39 is 5.97 Å².